The normalized spacial score (nSPS) is 14.5. The van der Waals surface area contributed by atoms with Crippen LogP contribution >= 0.6 is 0 Å². The van der Waals surface area contributed by atoms with Crippen molar-refractivity contribution in [3.05, 3.63) is 29.3 Å². The number of rotatable bonds is 4. The molecule has 0 N–H and O–H groups in total. The Morgan fingerprint density at radius 3 is 2.42 bits per heavy atom. The fourth-order valence-electron chi connectivity index (χ4n) is 2.22. The lowest BCUT2D eigenvalue weighted by molar-refractivity contribution is -0.114. The molecule has 102 valence electrons. The Balaban J connectivity index is 2.31. The molecule has 1 aromatic carbocycles. The fourth-order valence-corrected chi connectivity index (χ4v) is 2.22. The number of anilines is 1. The van der Waals surface area contributed by atoms with Crippen LogP contribution in [-0.2, 0) is 4.79 Å². The molecule has 0 radical (unpaired) electrons. The maximum Gasteiger partial charge on any atom is 0.299 e. The summed E-state index contributed by atoms with van der Waals surface area (Å²) in [6, 6.07) is 1.81. The van der Waals surface area contributed by atoms with Crippen LogP contribution in [0.2, 0.25) is 0 Å². The van der Waals surface area contributed by atoms with Crippen LogP contribution in [0.25, 0.3) is 0 Å². The molecule has 19 heavy (non-hydrogen) atoms. The van der Waals surface area contributed by atoms with E-state index in [1.54, 1.807) is 0 Å². The summed E-state index contributed by atoms with van der Waals surface area (Å²) in [6.07, 6.45) is 1.50. The van der Waals surface area contributed by atoms with Crippen molar-refractivity contribution in [2.24, 2.45) is 5.92 Å². The Hall–Kier alpha value is -1.78. The molecular weight excluding hydrogens is 252 g/mol. The van der Waals surface area contributed by atoms with E-state index in [1.807, 2.05) is 13.8 Å². The van der Waals surface area contributed by atoms with Crippen molar-refractivity contribution in [2.75, 3.05) is 11.4 Å². The molecule has 0 aliphatic carbocycles. The van der Waals surface area contributed by atoms with Crippen molar-refractivity contribution >= 4 is 17.4 Å². The molecule has 1 amide bonds. The van der Waals surface area contributed by atoms with Crippen molar-refractivity contribution in [3.8, 4) is 0 Å². The Morgan fingerprint density at radius 2 is 1.79 bits per heavy atom. The summed E-state index contributed by atoms with van der Waals surface area (Å²) in [6.45, 7) is 4.30. The minimum Gasteiger partial charge on any atom is -0.302 e. The topological polar surface area (TPSA) is 37.4 Å². The summed E-state index contributed by atoms with van der Waals surface area (Å²) in [5, 5.41) is 0. The van der Waals surface area contributed by atoms with Gasteiger partial charge in [-0.1, -0.05) is 13.8 Å². The highest BCUT2D eigenvalue weighted by molar-refractivity contribution is 6.52. The first-order valence-electron chi connectivity index (χ1n) is 6.27. The monoisotopic (exact) mass is 267 g/mol. The van der Waals surface area contributed by atoms with E-state index in [0.29, 0.717) is 12.3 Å². The first-order valence-corrected chi connectivity index (χ1v) is 6.27. The van der Waals surface area contributed by atoms with Gasteiger partial charge in [0.1, 0.15) is 11.6 Å². The SMILES string of the molecule is CC(C)CCCN1C(=O)C(=O)c2c(F)ccc(F)c21. The van der Waals surface area contributed by atoms with Crippen LogP contribution in [0.3, 0.4) is 0 Å². The number of fused-ring (bicyclic) bond motifs is 1. The minimum absolute atomic E-state index is 0.209. The van der Waals surface area contributed by atoms with Crippen molar-refractivity contribution in [2.45, 2.75) is 26.7 Å². The molecule has 2 rings (SSSR count). The van der Waals surface area contributed by atoms with E-state index in [-0.39, 0.29) is 12.2 Å². The van der Waals surface area contributed by atoms with Crippen LogP contribution in [0.1, 0.15) is 37.0 Å². The van der Waals surface area contributed by atoms with Crippen molar-refractivity contribution in [3.63, 3.8) is 0 Å². The minimum atomic E-state index is -0.962. The summed E-state index contributed by atoms with van der Waals surface area (Å²) < 4.78 is 27.3. The van der Waals surface area contributed by atoms with E-state index < -0.39 is 28.9 Å². The van der Waals surface area contributed by atoms with Gasteiger partial charge in [0, 0.05) is 6.54 Å². The number of nitrogens with zero attached hydrogens (tertiary/aromatic N) is 1. The third kappa shape index (κ3) is 2.37. The standard InChI is InChI=1S/C14H15F2NO2/c1-8(2)4-3-7-17-12-10(16)6-5-9(15)11(12)13(18)14(17)19/h5-6,8H,3-4,7H2,1-2H3. The Kier molecular flexibility index (Phi) is 3.64. The second kappa shape index (κ2) is 5.07. The maximum absolute atomic E-state index is 13.7. The number of halogens is 2. The molecule has 1 aromatic rings. The lowest BCUT2D eigenvalue weighted by Gasteiger charge is -2.17. The molecule has 0 saturated carbocycles. The third-order valence-electron chi connectivity index (χ3n) is 3.18. The average molecular weight is 267 g/mol. The molecular formula is C14H15F2NO2. The molecule has 1 aliphatic rings. The summed E-state index contributed by atoms with van der Waals surface area (Å²) in [7, 11) is 0. The van der Waals surface area contributed by atoms with Gasteiger partial charge < -0.3 is 4.90 Å². The van der Waals surface area contributed by atoms with E-state index in [0.717, 1.165) is 23.5 Å². The molecule has 3 nitrogen and oxygen atoms in total. The Labute approximate surface area is 110 Å². The van der Waals surface area contributed by atoms with Gasteiger partial charge in [0.15, 0.2) is 0 Å². The first-order chi connectivity index (χ1) is 8.93. The van der Waals surface area contributed by atoms with Gasteiger partial charge in [0.2, 0.25) is 0 Å². The average Bonchev–Trinajstić information content (AvgIpc) is 2.59. The molecule has 0 spiro atoms. The molecule has 0 fully saturated rings. The number of carbonyl (C=O) groups is 2. The van der Waals surface area contributed by atoms with Gasteiger partial charge in [-0.15, -0.1) is 0 Å². The number of amides is 1. The zero-order valence-corrected chi connectivity index (χ0v) is 10.9. The predicted octanol–water partition coefficient (Wildman–Crippen LogP) is 2.93. The van der Waals surface area contributed by atoms with Crippen LogP contribution in [0.5, 0.6) is 0 Å². The van der Waals surface area contributed by atoms with Gasteiger partial charge in [0.25, 0.3) is 11.7 Å². The largest absolute Gasteiger partial charge is 0.302 e. The van der Waals surface area contributed by atoms with Crippen LogP contribution in [0.4, 0.5) is 14.5 Å². The molecule has 1 aliphatic heterocycles. The van der Waals surface area contributed by atoms with Gasteiger partial charge in [-0.2, -0.15) is 0 Å². The lowest BCUT2D eigenvalue weighted by Crippen LogP contribution is -2.31. The summed E-state index contributed by atoms with van der Waals surface area (Å²) in [4.78, 5) is 24.5. The second-order valence-electron chi connectivity index (χ2n) is 5.07. The van der Waals surface area contributed by atoms with Crippen LogP contribution < -0.4 is 4.90 Å². The van der Waals surface area contributed by atoms with Gasteiger partial charge in [0.05, 0.1) is 11.3 Å². The number of ketones is 1. The fraction of sp³-hybridized carbons (Fsp3) is 0.429. The molecule has 0 unspecified atom stereocenters. The molecule has 0 atom stereocenters. The first kappa shape index (κ1) is 13.6. The van der Waals surface area contributed by atoms with Crippen LogP contribution in [0.15, 0.2) is 12.1 Å². The second-order valence-corrected chi connectivity index (χ2v) is 5.07. The zero-order valence-electron chi connectivity index (χ0n) is 10.9. The number of hydrogen-bond acceptors (Lipinski definition) is 2. The highest BCUT2D eigenvalue weighted by atomic mass is 19.1. The summed E-state index contributed by atoms with van der Waals surface area (Å²) >= 11 is 0. The molecule has 1 heterocycles. The van der Waals surface area contributed by atoms with E-state index in [4.69, 9.17) is 0 Å². The van der Waals surface area contributed by atoms with Gasteiger partial charge in [-0.25, -0.2) is 8.78 Å². The highest BCUT2D eigenvalue weighted by Crippen LogP contribution is 2.33. The Morgan fingerprint density at radius 1 is 1.16 bits per heavy atom. The van der Waals surface area contributed by atoms with E-state index in [2.05, 4.69) is 0 Å². The number of Topliss-reactive ketones (excluding diaryl/α,β-unsaturated/α-hetero) is 1. The summed E-state index contributed by atoms with van der Waals surface area (Å²) in [5.41, 5.74) is -0.645. The molecule has 0 saturated heterocycles. The molecule has 5 heteroatoms. The van der Waals surface area contributed by atoms with E-state index >= 15 is 0 Å². The van der Waals surface area contributed by atoms with Crippen molar-refractivity contribution < 1.29 is 18.4 Å². The number of hydrogen-bond donors (Lipinski definition) is 0. The van der Waals surface area contributed by atoms with Gasteiger partial charge in [-0.3, -0.25) is 9.59 Å². The van der Waals surface area contributed by atoms with Gasteiger partial charge in [-0.05, 0) is 30.9 Å². The highest BCUT2D eigenvalue weighted by Gasteiger charge is 2.40. The Bertz CT molecular complexity index is 540. The smallest absolute Gasteiger partial charge is 0.299 e. The molecule has 0 aromatic heterocycles. The van der Waals surface area contributed by atoms with Crippen molar-refractivity contribution in [1.82, 2.24) is 0 Å². The predicted molar refractivity (Wildman–Crippen MR) is 67.1 cm³/mol. The number of carbonyl (C=O) groups excluding carboxylic acids is 2. The zero-order chi connectivity index (χ0) is 14.2. The molecule has 0 bridgehead atoms. The number of benzene rings is 1. The third-order valence-corrected chi connectivity index (χ3v) is 3.18. The van der Waals surface area contributed by atoms with E-state index in [1.165, 1.54) is 0 Å². The quantitative estimate of drug-likeness (QED) is 0.786. The van der Waals surface area contributed by atoms with Crippen LogP contribution in [-0.4, -0.2) is 18.2 Å². The summed E-state index contributed by atoms with van der Waals surface area (Å²) in [5.74, 6) is -2.94. The lowest BCUT2D eigenvalue weighted by atomic mass is 10.1. The van der Waals surface area contributed by atoms with E-state index in [9.17, 15) is 18.4 Å². The van der Waals surface area contributed by atoms with Crippen molar-refractivity contribution in [1.29, 1.82) is 0 Å². The van der Waals surface area contributed by atoms with Gasteiger partial charge >= 0.3 is 0 Å². The van der Waals surface area contributed by atoms with Crippen LogP contribution in [0, 0.1) is 17.6 Å². The maximum atomic E-state index is 13.7.